The number of benzene rings is 1. The summed E-state index contributed by atoms with van der Waals surface area (Å²) in [5, 5.41) is 0. The number of piperazine rings is 1. The summed E-state index contributed by atoms with van der Waals surface area (Å²) in [5.41, 5.74) is 3.78. The number of hydrogen-bond acceptors (Lipinski definition) is 3. The number of rotatable bonds is 5. The summed E-state index contributed by atoms with van der Waals surface area (Å²) in [5.74, 6) is 0.536. The Bertz CT molecular complexity index is 852. The number of amides is 1. The van der Waals surface area contributed by atoms with E-state index in [1.165, 1.54) is 12.1 Å². The van der Waals surface area contributed by atoms with Gasteiger partial charge in [-0.2, -0.15) is 0 Å². The molecule has 3 rings (SSSR count). The molecule has 0 spiro atoms. The summed E-state index contributed by atoms with van der Waals surface area (Å²) >= 11 is 0. The van der Waals surface area contributed by atoms with Gasteiger partial charge in [0.25, 0.3) is 5.91 Å². The van der Waals surface area contributed by atoms with Gasteiger partial charge in [-0.15, -0.1) is 0 Å². The van der Waals surface area contributed by atoms with Crippen molar-refractivity contribution in [2.45, 2.75) is 40.3 Å². The van der Waals surface area contributed by atoms with Crippen LogP contribution in [0.1, 0.15) is 47.2 Å². The molecule has 152 valence electrons. The molecule has 0 N–H and O–H groups in total. The molecule has 6 heteroatoms. The summed E-state index contributed by atoms with van der Waals surface area (Å²) in [6, 6.07) is 6.93. The molecular weight excluding hydrogens is 357 g/mol. The third-order valence-electron chi connectivity index (χ3n) is 5.53. The van der Waals surface area contributed by atoms with Crippen molar-refractivity contribution in [3.05, 3.63) is 52.6 Å². The molecule has 1 fully saturated rings. The lowest BCUT2D eigenvalue weighted by Gasteiger charge is -2.35. The van der Waals surface area contributed by atoms with Gasteiger partial charge in [-0.05, 0) is 52.0 Å². The van der Waals surface area contributed by atoms with Crippen LogP contribution in [0.2, 0.25) is 0 Å². The van der Waals surface area contributed by atoms with Gasteiger partial charge in [0.15, 0.2) is 0 Å². The van der Waals surface area contributed by atoms with Crippen molar-refractivity contribution in [1.82, 2.24) is 14.4 Å². The highest BCUT2D eigenvalue weighted by Gasteiger charge is 2.26. The van der Waals surface area contributed by atoms with Gasteiger partial charge in [-0.25, -0.2) is 4.39 Å². The molecule has 2 aromatic rings. The highest BCUT2D eigenvalue weighted by molar-refractivity contribution is 5.95. The van der Waals surface area contributed by atoms with Crippen LogP contribution >= 0.6 is 0 Å². The number of nitrogens with zero attached hydrogens (tertiary/aromatic N) is 3. The van der Waals surface area contributed by atoms with E-state index in [0.29, 0.717) is 31.4 Å². The Kier molecular flexibility index (Phi) is 6.08. The molecule has 0 atom stereocenters. The second-order valence-electron chi connectivity index (χ2n) is 7.77. The predicted molar refractivity (Wildman–Crippen MR) is 108 cm³/mol. The largest absolute Gasteiger partial charge is 0.496 e. The van der Waals surface area contributed by atoms with Crippen molar-refractivity contribution >= 4 is 5.91 Å². The maximum absolute atomic E-state index is 13.6. The first-order valence-electron chi connectivity index (χ1n) is 9.84. The number of carbonyl (C=O) groups excluding carboxylic acids is 1. The summed E-state index contributed by atoms with van der Waals surface area (Å²) in [6.07, 6.45) is 0. The van der Waals surface area contributed by atoms with E-state index in [2.05, 4.69) is 23.3 Å². The zero-order valence-corrected chi connectivity index (χ0v) is 17.5. The Morgan fingerprint density at radius 1 is 1.14 bits per heavy atom. The lowest BCUT2D eigenvalue weighted by Crippen LogP contribution is -2.48. The average molecular weight is 387 g/mol. The molecule has 5 nitrogen and oxygen atoms in total. The molecule has 1 amide bonds. The van der Waals surface area contributed by atoms with Gasteiger partial charge in [0.1, 0.15) is 11.6 Å². The Hall–Kier alpha value is -2.34. The minimum absolute atomic E-state index is 0.1000. The second kappa shape index (κ2) is 8.35. The number of aryl methyl sites for hydroxylation is 1. The summed E-state index contributed by atoms with van der Waals surface area (Å²) in [4.78, 5) is 17.2. The molecular formula is C22H30FN3O2. The van der Waals surface area contributed by atoms with Crippen molar-refractivity contribution in [3.63, 3.8) is 0 Å². The van der Waals surface area contributed by atoms with Gasteiger partial charge in [-0.1, -0.05) is 0 Å². The summed E-state index contributed by atoms with van der Waals surface area (Å²) < 4.78 is 21.1. The number of aromatic nitrogens is 1. The fraction of sp³-hybridized carbons (Fsp3) is 0.500. The fourth-order valence-electron chi connectivity index (χ4n) is 4.18. The molecule has 1 aromatic heterocycles. The molecule has 0 aliphatic carbocycles. The molecule has 1 aliphatic rings. The van der Waals surface area contributed by atoms with Crippen LogP contribution in [0.3, 0.4) is 0 Å². The maximum Gasteiger partial charge on any atom is 0.255 e. The van der Waals surface area contributed by atoms with Crippen molar-refractivity contribution in [3.8, 4) is 5.75 Å². The monoisotopic (exact) mass is 387 g/mol. The van der Waals surface area contributed by atoms with Crippen LogP contribution < -0.4 is 4.74 Å². The number of methoxy groups -OCH3 is 1. The Labute approximate surface area is 166 Å². The van der Waals surface area contributed by atoms with E-state index < -0.39 is 0 Å². The van der Waals surface area contributed by atoms with E-state index in [1.54, 1.807) is 13.2 Å². The predicted octanol–water partition coefficient (Wildman–Crippen LogP) is 3.79. The lowest BCUT2D eigenvalue weighted by atomic mass is 10.1. The van der Waals surface area contributed by atoms with Crippen LogP contribution in [0.15, 0.2) is 24.3 Å². The topological polar surface area (TPSA) is 37.7 Å². The third-order valence-corrected chi connectivity index (χ3v) is 5.53. The zero-order valence-electron chi connectivity index (χ0n) is 17.5. The van der Waals surface area contributed by atoms with Crippen LogP contribution in [0, 0.1) is 19.7 Å². The van der Waals surface area contributed by atoms with Crippen LogP contribution in [-0.2, 0) is 6.54 Å². The quantitative estimate of drug-likeness (QED) is 0.783. The van der Waals surface area contributed by atoms with Crippen molar-refractivity contribution < 1.29 is 13.9 Å². The van der Waals surface area contributed by atoms with Crippen molar-refractivity contribution in [2.75, 3.05) is 33.3 Å². The van der Waals surface area contributed by atoms with Crippen LogP contribution in [0.25, 0.3) is 0 Å². The third kappa shape index (κ3) is 4.07. The first-order chi connectivity index (χ1) is 13.3. The fourth-order valence-corrected chi connectivity index (χ4v) is 4.18. The highest BCUT2D eigenvalue weighted by atomic mass is 19.1. The van der Waals surface area contributed by atoms with E-state index in [1.807, 2.05) is 24.8 Å². The Morgan fingerprint density at radius 2 is 1.82 bits per heavy atom. The summed E-state index contributed by atoms with van der Waals surface area (Å²) in [7, 11) is 1.60. The minimum Gasteiger partial charge on any atom is -0.496 e. The molecule has 0 bridgehead atoms. The molecule has 28 heavy (non-hydrogen) atoms. The van der Waals surface area contributed by atoms with Crippen LogP contribution in [0.5, 0.6) is 5.75 Å². The smallest absolute Gasteiger partial charge is 0.255 e. The SMILES string of the molecule is COc1ccc(F)cc1CN1CCN(C(=O)c2cc(C)n(C(C)C)c2C)CC1. The Morgan fingerprint density at radius 3 is 2.39 bits per heavy atom. The van der Waals surface area contributed by atoms with E-state index in [-0.39, 0.29) is 11.7 Å². The van der Waals surface area contributed by atoms with E-state index in [9.17, 15) is 9.18 Å². The first-order valence-corrected chi connectivity index (χ1v) is 9.84. The first kappa shape index (κ1) is 20.4. The molecule has 1 saturated heterocycles. The number of hydrogen-bond donors (Lipinski definition) is 0. The lowest BCUT2D eigenvalue weighted by molar-refractivity contribution is 0.0626. The van der Waals surface area contributed by atoms with Gasteiger partial charge >= 0.3 is 0 Å². The standard InChI is InChI=1S/C22H30FN3O2/c1-15(2)26-16(3)12-20(17(26)4)22(27)25-10-8-24(9-11-25)14-18-13-19(23)6-7-21(18)28-5/h6-7,12-13,15H,8-11,14H2,1-5H3. The molecule has 1 aromatic carbocycles. The van der Waals surface area contributed by atoms with Crippen molar-refractivity contribution in [1.29, 1.82) is 0 Å². The van der Waals surface area contributed by atoms with Crippen LogP contribution in [0.4, 0.5) is 4.39 Å². The molecule has 0 saturated carbocycles. The molecule has 0 radical (unpaired) electrons. The maximum atomic E-state index is 13.6. The van der Waals surface area contributed by atoms with Gasteiger partial charge in [0.05, 0.1) is 12.7 Å². The Balaban J connectivity index is 1.65. The van der Waals surface area contributed by atoms with Gasteiger partial charge in [-0.3, -0.25) is 9.69 Å². The molecule has 1 aliphatic heterocycles. The molecule has 2 heterocycles. The van der Waals surface area contributed by atoms with E-state index >= 15 is 0 Å². The minimum atomic E-state index is -0.259. The van der Waals surface area contributed by atoms with E-state index in [0.717, 1.165) is 35.6 Å². The van der Waals surface area contributed by atoms with Gasteiger partial charge in [0.2, 0.25) is 0 Å². The average Bonchev–Trinajstić information content (AvgIpc) is 2.96. The number of halogens is 1. The number of ether oxygens (including phenoxy) is 1. The normalized spacial score (nSPS) is 15.3. The van der Waals surface area contributed by atoms with Crippen LogP contribution in [-0.4, -0.2) is 53.6 Å². The van der Waals surface area contributed by atoms with Gasteiger partial charge < -0.3 is 14.2 Å². The number of carbonyl (C=O) groups is 1. The van der Waals surface area contributed by atoms with E-state index in [4.69, 9.17) is 4.74 Å². The second-order valence-corrected chi connectivity index (χ2v) is 7.77. The van der Waals surface area contributed by atoms with Gasteiger partial charge in [0, 0.05) is 55.7 Å². The molecule has 0 unspecified atom stereocenters. The highest BCUT2D eigenvalue weighted by Crippen LogP contribution is 2.24. The summed E-state index contributed by atoms with van der Waals surface area (Å²) in [6.45, 7) is 11.8. The van der Waals surface area contributed by atoms with Crippen molar-refractivity contribution in [2.24, 2.45) is 0 Å². The zero-order chi connectivity index (χ0) is 20.4.